The van der Waals surface area contributed by atoms with Crippen molar-refractivity contribution in [3.8, 4) is 17.2 Å². The van der Waals surface area contributed by atoms with Gasteiger partial charge in [0.1, 0.15) is 17.2 Å². The summed E-state index contributed by atoms with van der Waals surface area (Å²) in [5.74, 6) is -0.598. The fraction of sp³-hybridized carbons (Fsp3) is 0.136. The van der Waals surface area contributed by atoms with Gasteiger partial charge in [0.25, 0.3) is 0 Å². The van der Waals surface area contributed by atoms with Crippen LogP contribution in [0.1, 0.15) is 50.1 Å². The van der Waals surface area contributed by atoms with E-state index in [1.165, 1.54) is 54.6 Å². The number of carbonyl (C=O) groups excluding carboxylic acids is 3. The number of carbonyl (C=O) groups is 3. The lowest BCUT2D eigenvalue weighted by molar-refractivity contribution is 0.261. The summed E-state index contributed by atoms with van der Waals surface area (Å²) in [6.07, 6.45) is 0. The van der Waals surface area contributed by atoms with Crippen molar-refractivity contribution in [3.63, 3.8) is 0 Å². The van der Waals surface area contributed by atoms with Gasteiger partial charge >= 0.3 is 18.1 Å². The normalized spacial score (nSPS) is 11.1. The molecule has 0 aliphatic rings. The first-order valence-electron chi connectivity index (χ1n) is 27.0. The molecule has 0 aliphatic heterocycles. The van der Waals surface area contributed by atoms with Crippen LogP contribution in [0.2, 0.25) is 0 Å². The Morgan fingerprint density at radius 2 is 0.609 bits per heavy atom. The van der Waals surface area contributed by atoms with E-state index in [-0.39, 0.29) is 49.2 Å². The number of rotatable bonds is 15. The lowest BCUT2D eigenvalue weighted by Gasteiger charge is -2.12. The van der Waals surface area contributed by atoms with Crippen LogP contribution in [-0.2, 0) is 46.8 Å². The molecule has 0 bridgehead atoms. The highest BCUT2D eigenvalue weighted by Crippen LogP contribution is 2.29. The molecule has 0 saturated heterocycles. The topological polar surface area (TPSA) is 286 Å². The van der Waals surface area contributed by atoms with Gasteiger partial charge in [0.2, 0.25) is 0 Å². The number of anilines is 6. The van der Waals surface area contributed by atoms with Crippen LogP contribution in [0.15, 0.2) is 215 Å². The summed E-state index contributed by atoms with van der Waals surface area (Å²) in [5.41, 5.74) is 9.50. The molecule has 9 aromatic carbocycles. The zero-order valence-electron chi connectivity index (χ0n) is 48.4. The third-order valence-electron chi connectivity index (χ3n) is 13.1. The molecule has 0 saturated carbocycles. The predicted molar refractivity (Wildman–Crippen MR) is 342 cm³/mol. The number of urea groups is 3. The third kappa shape index (κ3) is 19.5. The largest absolute Gasteiger partial charge is 0.508 e. The van der Waals surface area contributed by atoms with Crippen molar-refractivity contribution >= 4 is 81.7 Å². The van der Waals surface area contributed by atoms with E-state index in [0.717, 1.165) is 16.7 Å². The van der Waals surface area contributed by atoms with Gasteiger partial charge in [0, 0.05) is 34.1 Å². The van der Waals surface area contributed by atoms with Gasteiger partial charge in [0.15, 0.2) is 29.5 Å². The number of aromatic hydroxyl groups is 3. The Balaban J connectivity index is 0.000000186. The number of hydrogen-bond donors (Lipinski definition) is 9. The molecule has 9 N–H and O–H groups in total. The molecule has 0 unspecified atom stereocenters. The highest BCUT2D eigenvalue weighted by atomic mass is 32.2. The first-order chi connectivity index (χ1) is 41.2. The Hall–Kier alpha value is -9.96. The zero-order chi connectivity index (χ0) is 63.1. The first-order valence-corrected chi connectivity index (χ1v) is 31.9. The van der Waals surface area contributed by atoms with Gasteiger partial charge in [-0.05, 0) is 190 Å². The molecular formula is C66H66N6O12S3. The van der Waals surface area contributed by atoms with Crippen molar-refractivity contribution in [3.05, 3.63) is 250 Å². The Morgan fingerprint density at radius 3 is 0.954 bits per heavy atom. The zero-order valence-corrected chi connectivity index (χ0v) is 50.9. The number of nitrogens with one attached hydrogen (secondary N) is 6. The standard InChI is InChI=1S/3C22H22N2O4S/c1-15-3-8-18(9-4-15)23-22(26)24-19-10-5-16(2)21(13-19)29(27,28)14-17-6-11-20(25)12-7-17;1-15-5-3-7-18(11-15)23-22(26)24-19-10-9-16(2)21(13-19)29(27,28)14-17-6-4-8-20(25)12-17;1-15-6-9-18(10-7-15)23-22(26)24-19-11-8-16(2)21(13-19)29(27,28)14-17-4-3-5-20(25)12-17/h3*3-13,25H,14H2,1-2H3,(H2,23,24,26). The Morgan fingerprint density at radius 1 is 0.299 bits per heavy atom. The van der Waals surface area contributed by atoms with Crippen molar-refractivity contribution in [2.24, 2.45) is 0 Å². The van der Waals surface area contributed by atoms with E-state index in [9.17, 15) is 55.0 Å². The first kappa shape index (κ1) is 64.6. The monoisotopic (exact) mass is 1230 g/mol. The van der Waals surface area contributed by atoms with Gasteiger partial charge in [-0.15, -0.1) is 0 Å². The van der Waals surface area contributed by atoms with E-state index in [2.05, 4.69) is 31.9 Å². The number of phenols is 3. The smallest absolute Gasteiger partial charge is 0.323 e. The molecule has 0 heterocycles. The maximum atomic E-state index is 12.9. The summed E-state index contributed by atoms with van der Waals surface area (Å²) in [6.45, 7) is 10.9. The number of amides is 6. The van der Waals surface area contributed by atoms with Gasteiger partial charge in [-0.25, -0.2) is 39.6 Å². The lowest BCUT2D eigenvalue weighted by atomic mass is 10.2. The summed E-state index contributed by atoms with van der Waals surface area (Å²) in [6, 6.07) is 53.3. The molecule has 9 aromatic rings. The highest BCUT2D eigenvalue weighted by molar-refractivity contribution is 7.91. The molecule has 6 amide bonds. The highest BCUT2D eigenvalue weighted by Gasteiger charge is 2.23. The molecule has 9 rings (SSSR count). The van der Waals surface area contributed by atoms with Crippen LogP contribution < -0.4 is 31.9 Å². The summed E-state index contributed by atoms with van der Waals surface area (Å²) in [7, 11) is -11.0. The molecule has 0 aromatic heterocycles. The van der Waals surface area contributed by atoms with E-state index in [4.69, 9.17) is 0 Å². The van der Waals surface area contributed by atoms with Gasteiger partial charge in [-0.1, -0.05) is 102 Å². The number of aryl methyl sites for hydroxylation is 6. The van der Waals surface area contributed by atoms with Crippen LogP contribution in [0.4, 0.5) is 48.5 Å². The summed E-state index contributed by atoms with van der Waals surface area (Å²) in [5, 5.41) is 44.6. The quantitative estimate of drug-likeness (QED) is 0.0463. The number of benzene rings is 9. The Labute approximate surface area is 506 Å². The Bertz CT molecular complexity index is 4300. The molecule has 18 nitrogen and oxygen atoms in total. The van der Waals surface area contributed by atoms with Crippen molar-refractivity contribution in [2.45, 2.75) is 73.5 Å². The van der Waals surface area contributed by atoms with Crippen LogP contribution in [0, 0.1) is 41.5 Å². The van der Waals surface area contributed by atoms with E-state index in [0.29, 0.717) is 67.5 Å². The molecule has 0 aliphatic carbocycles. The van der Waals surface area contributed by atoms with Crippen molar-refractivity contribution in [2.75, 3.05) is 31.9 Å². The van der Waals surface area contributed by atoms with Crippen molar-refractivity contribution in [1.82, 2.24) is 0 Å². The third-order valence-corrected chi connectivity index (χ3v) is 18.5. The molecule has 21 heteroatoms. The minimum Gasteiger partial charge on any atom is -0.508 e. The van der Waals surface area contributed by atoms with Gasteiger partial charge in [0.05, 0.1) is 31.9 Å². The van der Waals surface area contributed by atoms with Crippen molar-refractivity contribution < 1.29 is 55.0 Å². The van der Waals surface area contributed by atoms with Gasteiger partial charge in [-0.2, -0.15) is 0 Å². The van der Waals surface area contributed by atoms with Gasteiger partial charge < -0.3 is 47.2 Å². The van der Waals surface area contributed by atoms with E-state index in [1.54, 1.807) is 124 Å². The number of hydrogen-bond acceptors (Lipinski definition) is 12. The number of phenolic OH excluding ortho intramolecular Hbond substituents is 3. The van der Waals surface area contributed by atoms with E-state index in [1.807, 2.05) is 63.2 Å². The molecule has 0 spiro atoms. The van der Waals surface area contributed by atoms with E-state index < -0.39 is 47.6 Å². The second-order valence-corrected chi connectivity index (χ2v) is 26.4. The SMILES string of the molecule is Cc1ccc(NC(=O)Nc2ccc(C)c(S(=O)(=O)Cc3ccc(O)cc3)c2)cc1.Cc1ccc(NC(=O)Nc2ccc(C)c(S(=O)(=O)Cc3cccc(O)c3)c2)cc1.Cc1cccc(NC(=O)Nc2ccc(C)c(S(=O)(=O)Cc3cccc(O)c3)c2)c1. The van der Waals surface area contributed by atoms with Crippen LogP contribution in [0.3, 0.4) is 0 Å². The molecule has 87 heavy (non-hydrogen) atoms. The molecule has 450 valence electrons. The van der Waals surface area contributed by atoms with E-state index >= 15 is 0 Å². The maximum Gasteiger partial charge on any atom is 0.323 e. The predicted octanol–water partition coefficient (Wildman–Crippen LogP) is 13.9. The average Bonchev–Trinajstić information content (AvgIpc) is 2.42. The molecule has 0 radical (unpaired) electrons. The van der Waals surface area contributed by atoms with Crippen molar-refractivity contribution in [1.29, 1.82) is 0 Å². The second-order valence-electron chi connectivity index (χ2n) is 20.6. The van der Waals surface area contributed by atoms with Crippen LogP contribution in [0.25, 0.3) is 0 Å². The average molecular weight is 1230 g/mol. The summed E-state index contributed by atoms with van der Waals surface area (Å²) >= 11 is 0. The molecule has 0 atom stereocenters. The molecule has 0 fully saturated rings. The second kappa shape index (κ2) is 28.7. The van der Waals surface area contributed by atoms with Gasteiger partial charge in [-0.3, -0.25) is 0 Å². The van der Waals surface area contributed by atoms with Crippen LogP contribution >= 0.6 is 0 Å². The Kier molecular flexibility index (Phi) is 21.3. The van der Waals surface area contributed by atoms with Crippen LogP contribution in [-0.4, -0.2) is 58.7 Å². The number of sulfone groups is 3. The fourth-order valence-electron chi connectivity index (χ4n) is 8.69. The maximum absolute atomic E-state index is 12.9. The summed E-state index contributed by atoms with van der Waals surface area (Å²) in [4.78, 5) is 37.2. The summed E-state index contributed by atoms with van der Waals surface area (Å²) < 4.78 is 77.3. The lowest BCUT2D eigenvalue weighted by Crippen LogP contribution is -2.19. The minimum absolute atomic E-state index is 0.0117. The minimum atomic E-state index is -3.67. The molecular weight excluding hydrogens is 1160 g/mol. The fourth-order valence-corrected chi connectivity index (χ4v) is 13.6. The van der Waals surface area contributed by atoms with Crippen LogP contribution in [0.5, 0.6) is 17.2 Å².